The maximum Gasteiger partial charge on any atom is 0.179 e. The zero-order chi connectivity index (χ0) is 13.0. The fraction of sp³-hybridized carbons (Fsp3) is 0.538. The second kappa shape index (κ2) is 6.27. The van der Waals surface area contributed by atoms with E-state index in [1.807, 2.05) is 19.1 Å². The molecule has 1 aromatic rings. The van der Waals surface area contributed by atoms with Gasteiger partial charge in [-0.15, -0.1) is 0 Å². The Bertz CT molecular complexity index is 411. The summed E-state index contributed by atoms with van der Waals surface area (Å²) >= 11 is 6.14. The van der Waals surface area contributed by atoms with Crippen LogP contribution in [0.4, 0.5) is 0 Å². The van der Waals surface area contributed by atoms with Gasteiger partial charge in [0.1, 0.15) is 13.2 Å². The maximum absolute atomic E-state index is 8.94. The van der Waals surface area contributed by atoms with Crippen molar-refractivity contribution in [3.63, 3.8) is 0 Å². The molecule has 0 aromatic heterocycles. The molecule has 0 bridgehead atoms. The van der Waals surface area contributed by atoms with Gasteiger partial charge in [0.2, 0.25) is 0 Å². The largest absolute Gasteiger partial charge is 0.486 e. The molecule has 18 heavy (non-hydrogen) atoms. The molecule has 0 saturated carbocycles. The smallest absolute Gasteiger partial charge is 0.179 e. The van der Waals surface area contributed by atoms with E-state index >= 15 is 0 Å². The van der Waals surface area contributed by atoms with E-state index in [1.54, 1.807) is 0 Å². The van der Waals surface area contributed by atoms with Crippen molar-refractivity contribution in [3.8, 4) is 11.5 Å². The molecule has 0 aliphatic carbocycles. The standard InChI is InChI=1S/C13H18ClNO3/c1-9(8-16)6-15-7-10-4-11(14)13-12(5-10)17-2-3-18-13/h4-5,9,15-16H,2-3,6-8H2,1H3/t9-/m1/s1. The lowest BCUT2D eigenvalue weighted by Gasteiger charge is -2.20. The van der Waals surface area contributed by atoms with Crippen LogP contribution in [0.5, 0.6) is 11.5 Å². The third-order valence-corrected chi connectivity index (χ3v) is 3.07. The zero-order valence-electron chi connectivity index (χ0n) is 10.4. The molecular formula is C13H18ClNO3. The van der Waals surface area contributed by atoms with E-state index in [0.29, 0.717) is 36.3 Å². The van der Waals surface area contributed by atoms with Gasteiger partial charge < -0.3 is 19.9 Å². The molecule has 0 amide bonds. The number of rotatable bonds is 5. The Morgan fingerprint density at radius 2 is 2.17 bits per heavy atom. The van der Waals surface area contributed by atoms with Gasteiger partial charge in [0.15, 0.2) is 11.5 Å². The molecule has 2 N–H and O–H groups in total. The highest BCUT2D eigenvalue weighted by molar-refractivity contribution is 6.32. The number of fused-ring (bicyclic) bond motifs is 1. The lowest BCUT2D eigenvalue weighted by Crippen LogP contribution is -2.23. The van der Waals surface area contributed by atoms with Gasteiger partial charge in [-0.05, 0) is 23.6 Å². The topological polar surface area (TPSA) is 50.7 Å². The molecule has 0 radical (unpaired) electrons. The van der Waals surface area contributed by atoms with Crippen LogP contribution in [-0.2, 0) is 6.54 Å². The molecule has 0 saturated heterocycles. The summed E-state index contributed by atoms with van der Waals surface area (Å²) in [6, 6.07) is 3.82. The van der Waals surface area contributed by atoms with Crippen molar-refractivity contribution in [2.75, 3.05) is 26.4 Å². The van der Waals surface area contributed by atoms with Gasteiger partial charge in [0, 0.05) is 19.7 Å². The Kier molecular flexibility index (Phi) is 4.69. The first-order valence-electron chi connectivity index (χ1n) is 6.10. The summed E-state index contributed by atoms with van der Waals surface area (Å²) in [7, 11) is 0. The fourth-order valence-corrected chi connectivity index (χ4v) is 2.08. The van der Waals surface area contributed by atoms with Gasteiger partial charge in [0.25, 0.3) is 0 Å². The predicted molar refractivity (Wildman–Crippen MR) is 70.4 cm³/mol. The van der Waals surface area contributed by atoms with Crippen molar-refractivity contribution in [1.29, 1.82) is 0 Å². The van der Waals surface area contributed by atoms with Crippen LogP contribution >= 0.6 is 11.6 Å². The van der Waals surface area contributed by atoms with E-state index in [2.05, 4.69) is 5.32 Å². The number of nitrogens with one attached hydrogen (secondary N) is 1. The molecule has 0 spiro atoms. The van der Waals surface area contributed by atoms with E-state index in [-0.39, 0.29) is 12.5 Å². The first-order valence-corrected chi connectivity index (χ1v) is 6.48. The van der Waals surface area contributed by atoms with Crippen LogP contribution < -0.4 is 14.8 Å². The van der Waals surface area contributed by atoms with Crippen molar-refractivity contribution in [3.05, 3.63) is 22.7 Å². The predicted octanol–water partition coefficient (Wildman–Crippen LogP) is 1.83. The SMILES string of the molecule is C[C@@H](CO)CNCc1cc(Cl)c2c(c1)OCCO2. The van der Waals surface area contributed by atoms with Gasteiger partial charge >= 0.3 is 0 Å². The second-order valence-corrected chi connectivity index (χ2v) is 4.93. The molecule has 1 aromatic carbocycles. The average molecular weight is 272 g/mol. The highest BCUT2D eigenvalue weighted by Gasteiger charge is 2.16. The minimum absolute atomic E-state index is 0.189. The molecule has 4 nitrogen and oxygen atoms in total. The number of hydrogen-bond acceptors (Lipinski definition) is 4. The van der Waals surface area contributed by atoms with Crippen LogP contribution in [0.1, 0.15) is 12.5 Å². The molecule has 100 valence electrons. The van der Waals surface area contributed by atoms with Crippen LogP contribution in [-0.4, -0.2) is 31.5 Å². The summed E-state index contributed by atoms with van der Waals surface area (Å²) < 4.78 is 11.0. The Morgan fingerprint density at radius 1 is 1.39 bits per heavy atom. The fourth-order valence-electron chi connectivity index (χ4n) is 1.79. The van der Waals surface area contributed by atoms with Gasteiger partial charge in [-0.25, -0.2) is 0 Å². The lowest BCUT2D eigenvalue weighted by atomic mass is 10.1. The van der Waals surface area contributed by atoms with E-state index in [9.17, 15) is 0 Å². The van der Waals surface area contributed by atoms with Crippen molar-refractivity contribution in [2.45, 2.75) is 13.5 Å². The Hall–Kier alpha value is -0.970. The molecular weight excluding hydrogens is 254 g/mol. The number of aliphatic hydroxyl groups is 1. The maximum atomic E-state index is 8.94. The van der Waals surface area contributed by atoms with E-state index < -0.39 is 0 Å². The number of halogens is 1. The first-order chi connectivity index (χ1) is 8.70. The van der Waals surface area contributed by atoms with Gasteiger partial charge in [0.05, 0.1) is 5.02 Å². The molecule has 2 rings (SSSR count). The van der Waals surface area contributed by atoms with Crippen molar-refractivity contribution in [2.24, 2.45) is 5.92 Å². The number of hydrogen-bond donors (Lipinski definition) is 2. The summed E-state index contributed by atoms with van der Waals surface area (Å²) in [5, 5.41) is 12.8. The quantitative estimate of drug-likeness (QED) is 0.858. The molecule has 0 unspecified atom stereocenters. The molecule has 5 heteroatoms. The number of benzene rings is 1. The second-order valence-electron chi connectivity index (χ2n) is 4.52. The Balaban J connectivity index is 1.99. The van der Waals surface area contributed by atoms with Crippen molar-refractivity contribution >= 4 is 11.6 Å². The monoisotopic (exact) mass is 271 g/mol. The molecule has 0 fully saturated rings. The Morgan fingerprint density at radius 3 is 2.94 bits per heavy atom. The first kappa shape index (κ1) is 13.5. The highest BCUT2D eigenvalue weighted by atomic mass is 35.5. The molecule has 1 aliphatic rings. The summed E-state index contributed by atoms with van der Waals surface area (Å²) in [5.74, 6) is 1.59. The van der Waals surface area contributed by atoms with E-state index in [1.165, 1.54) is 0 Å². The third kappa shape index (κ3) is 3.28. The minimum Gasteiger partial charge on any atom is -0.486 e. The Labute approximate surface area is 112 Å². The number of aliphatic hydroxyl groups excluding tert-OH is 1. The van der Waals surface area contributed by atoms with Gasteiger partial charge in [-0.1, -0.05) is 18.5 Å². The van der Waals surface area contributed by atoms with Gasteiger partial charge in [-0.3, -0.25) is 0 Å². The number of ether oxygens (including phenoxy) is 2. The van der Waals surface area contributed by atoms with E-state index in [4.69, 9.17) is 26.2 Å². The van der Waals surface area contributed by atoms with Crippen LogP contribution in [0.25, 0.3) is 0 Å². The molecule has 1 heterocycles. The average Bonchev–Trinajstić information content (AvgIpc) is 2.38. The van der Waals surface area contributed by atoms with Gasteiger partial charge in [-0.2, -0.15) is 0 Å². The summed E-state index contributed by atoms with van der Waals surface area (Å²) in [5.41, 5.74) is 1.05. The van der Waals surface area contributed by atoms with Crippen molar-refractivity contribution in [1.82, 2.24) is 5.32 Å². The van der Waals surface area contributed by atoms with Crippen molar-refractivity contribution < 1.29 is 14.6 Å². The summed E-state index contributed by atoms with van der Waals surface area (Å²) in [4.78, 5) is 0. The van der Waals surface area contributed by atoms with Crippen LogP contribution in [0.15, 0.2) is 12.1 Å². The van der Waals surface area contributed by atoms with Crippen LogP contribution in [0, 0.1) is 5.92 Å². The lowest BCUT2D eigenvalue weighted by molar-refractivity contribution is 0.171. The molecule has 1 aliphatic heterocycles. The normalized spacial score (nSPS) is 15.5. The molecule has 1 atom stereocenters. The summed E-state index contributed by atoms with van der Waals surface area (Å²) in [6.07, 6.45) is 0. The van der Waals surface area contributed by atoms with E-state index in [0.717, 1.165) is 12.1 Å². The summed E-state index contributed by atoms with van der Waals surface area (Å²) in [6.45, 7) is 4.74. The van der Waals surface area contributed by atoms with Crippen LogP contribution in [0.3, 0.4) is 0 Å². The third-order valence-electron chi connectivity index (χ3n) is 2.79. The highest BCUT2D eigenvalue weighted by Crippen LogP contribution is 2.38. The zero-order valence-corrected chi connectivity index (χ0v) is 11.2. The van der Waals surface area contributed by atoms with Crippen LogP contribution in [0.2, 0.25) is 5.02 Å². The minimum atomic E-state index is 0.189.